The molecule has 0 bridgehead atoms. The van der Waals surface area contributed by atoms with Gasteiger partial charge < -0.3 is 15.4 Å². The average Bonchev–Trinajstić information content (AvgIpc) is 2.37. The first-order valence-corrected chi connectivity index (χ1v) is 5.69. The van der Waals surface area contributed by atoms with E-state index in [9.17, 15) is 4.79 Å². The van der Waals surface area contributed by atoms with Crippen LogP contribution in [0.15, 0.2) is 24.3 Å². The van der Waals surface area contributed by atoms with Gasteiger partial charge in [0.05, 0.1) is 0 Å². The van der Waals surface area contributed by atoms with Gasteiger partial charge in [-0.3, -0.25) is 4.79 Å². The molecule has 0 aliphatic heterocycles. The van der Waals surface area contributed by atoms with Gasteiger partial charge in [0.25, 0.3) is 5.91 Å². The molecule has 4 nitrogen and oxygen atoms in total. The second-order valence-electron chi connectivity index (χ2n) is 4.00. The van der Waals surface area contributed by atoms with Gasteiger partial charge in [0.15, 0.2) is 0 Å². The second-order valence-corrected chi connectivity index (χ2v) is 4.00. The van der Waals surface area contributed by atoms with Crippen molar-refractivity contribution in [2.24, 2.45) is 0 Å². The molecule has 1 amide bonds. The van der Waals surface area contributed by atoms with Crippen molar-refractivity contribution in [2.45, 2.75) is 26.0 Å². The van der Waals surface area contributed by atoms with Crippen molar-refractivity contribution in [3.8, 4) is 0 Å². The molecule has 0 aliphatic rings. The maximum atomic E-state index is 11.6. The molecule has 0 aromatic heterocycles. The summed E-state index contributed by atoms with van der Waals surface area (Å²) >= 11 is 0. The van der Waals surface area contributed by atoms with E-state index in [-0.39, 0.29) is 5.91 Å². The number of nitrogens with one attached hydrogen (secondary N) is 2. The molecular weight excluding hydrogens is 216 g/mol. The number of hydrogen-bond acceptors (Lipinski definition) is 3. The summed E-state index contributed by atoms with van der Waals surface area (Å²) in [4.78, 5) is 11.6. The third-order valence-electron chi connectivity index (χ3n) is 2.83. The number of anilines is 1. The molecule has 0 radical (unpaired) electrons. The van der Waals surface area contributed by atoms with Crippen LogP contribution < -0.4 is 10.6 Å². The van der Waals surface area contributed by atoms with Crippen LogP contribution in [-0.4, -0.2) is 26.2 Å². The summed E-state index contributed by atoms with van der Waals surface area (Å²) in [5.74, 6) is -0.137. The fraction of sp³-hybridized carbons (Fsp3) is 0.462. The second kappa shape index (κ2) is 6.37. The number of rotatable bonds is 5. The minimum Gasteiger partial charge on any atom is -0.372 e. The zero-order valence-corrected chi connectivity index (χ0v) is 10.8. The van der Waals surface area contributed by atoms with Gasteiger partial charge in [-0.05, 0) is 38.6 Å². The van der Waals surface area contributed by atoms with E-state index in [0.717, 1.165) is 5.69 Å². The fourth-order valence-electron chi connectivity index (χ4n) is 1.37. The molecule has 0 spiro atoms. The van der Waals surface area contributed by atoms with E-state index < -0.39 is 6.10 Å². The standard InChI is InChI=1S/C13H20N2O2/c1-9(14-3)11-5-7-12(8-6-11)15-13(16)10(2)17-4/h5-10,14H,1-4H3,(H,15,16). The predicted molar refractivity (Wildman–Crippen MR) is 69.0 cm³/mol. The molecule has 1 aromatic rings. The molecule has 4 heteroatoms. The van der Waals surface area contributed by atoms with Crippen LogP contribution in [0.2, 0.25) is 0 Å². The Bertz CT molecular complexity index is 362. The van der Waals surface area contributed by atoms with Gasteiger partial charge in [-0.2, -0.15) is 0 Å². The minimum absolute atomic E-state index is 0.137. The molecular formula is C13H20N2O2. The molecule has 0 saturated heterocycles. The quantitative estimate of drug-likeness (QED) is 0.821. The lowest BCUT2D eigenvalue weighted by Crippen LogP contribution is -2.26. The number of carbonyl (C=O) groups is 1. The monoisotopic (exact) mass is 236 g/mol. The van der Waals surface area contributed by atoms with E-state index >= 15 is 0 Å². The topological polar surface area (TPSA) is 50.4 Å². The van der Waals surface area contributed by atoms with Crippen LogP contribution in [0.25, 0.3) is 0 Å². The number of ether oxygens (including phenoxy) is 1. The summed E-state index contributed by atoms with van der Waals surface area (Å²) in [5, 5.41) is 5.95. The first kappa shape index (κ1) is 13.7. The Labute approximate surface area is 102 Å². The SMILES string of the molecule is CNC(C)c1ccc(NC(=O)C(C)OC)cc1. The van der Waals surface area contributed by atoms with Crippen LogP contribution >= 0.6 is 0 Å². The summed E-state index contributed by atoms with van der Waals surface area (Å²) in [5.41, 5.74) is 1.97. The highest BCUT2D eigenvalue weighted by molar-refractivity contribution is 5.93. The maximum Gasteiger partial charge on any atom is 0.253 e. The summed E-state index contributed by atoms with van der Waals surface area (Å²) < 4.78 is 4.94. The molecule has 0 aliphatic carbocycles. The van der Waals surface area contributed by atoms with Crippen molar-refractivity contribution >= 4 is 11.6 Å². The largest absolute Gasteiger partial charge is 0.372 e. The Morgan fingerprint density at radius 1 is 1.24 bits per heavy atom. The van der Waals surface area contributed by atoms with E-state index in [1.165, 1.54) is 12.7 Å². The molecule has 17 heavy (non-hydrogen) atoms. The van der Waals surface area contributed by atoms with Crippen molar-refractivity contribution in [1.82, 2.24) is 5.32 Å². The Hall–Kier alpha value is -1.39. The van der Waals surface area contributed by atoms with Crippen molar-refractivity contribution in [3.05, 3.63) is 29.8 Å². The van der Waals surface area contributed by atoms with Gasteiger partial charge in [-0.15, -0.1) is 0 Å². The summed E-state index contributed by atoms with van der Waals surface area (Å²) in [6.07, 6.45) is -0.439. The molecule has 94 valence electrons. The van der Waals surface area contributed by atoms with Crippen molar-refractivity contribution in [2.75, 3.05) is 19.5 Å². The number of methoxy groups -OCH3 is 1. The maximum absolute atomic E-state index is 11.6. The lowest BCUT2D eigenvalue weighted by molar-refractivity contribution is -0.124. The zero-order valence-electron chi connectivity index (χ0n) is 10.8. The lowest BCUT2D eigenvalue weighted by atomic mass is 10.1. The Morgan fingerprint density at radius 2 is 1.82 bits per heavy atom. The van der Waals surface area contributed by atoms with E-state index in [2.05, 4.69) is 17.6 Å². The van der Waals surface area contributed by atoms with Gasteiger partial charge in [0, 0.05) is 18.8 Å². The first-order chi connectivity index (χ1) is 8.08. The van der Waals surface area contributed by atoms with E-state index in [1.54, 1.807) is 6.92 Å². The molecule has 1 aromatic carbocycles. The van der Waals surface area contributed by atoms with Crippen molar-refractivity contribution < 1.29 is 9.53 Å². The van der Waals surface area contributed by atoms with Crippen LogP contribution in [0.3, 0.4) is 0 Å². The van der Waals surface area contributed by atoms with Gasteiger partial charge in [0.1, 0.15) is 6.10 Å². The summed E-state index contributed by atoms with van der Waals surface area (Å²) in [6.45, 7) is 3.80. The molecule has 2 atom stereocenters. The van der Waals surface area contributed by atoms with Gasteiger partial charge >= 0.3 is 0 Å². The normalized spacial score (nSPS) is 14.1. The smallest absolute Gasteiger partial charge is 0.253 e. The zero-order chi connectivity index (χ0) is 12.8. The Balaban J connectivity index is 2.65. The number of amides is 1. The van der Waals surface area contributed by atoms with E-state index in [4.69, 9.17) is 4.74 Å². The molecule has 0 saturated carbocycles. The average molecular weight is 236 g/mol. The van der Waals surface area contributed by atoms with E-state index in [1.807, 2.05) is 31.3 Å². The Morgan fingerprint density at radius 3 is 2.29 bits per heavy atom. The van der Waals surface area contributed by atoms with Crippen LogP contribution in [0.4, 0.5) is 5.69 Å². The van der Waals surface area contributed by atoms with Crippen molar-refractivity contribution in [1.29, 1.82) is 0 Å². The highest BCUT2D eigenvalue weighted by Crippen LogP contribution is 2.15. The van der Waals surface area contributed by atoms with Crippen LogP contribution in [0, 0.1) is 0 Å². The van der Waals surface area contributed by atoms with E-state index in [0.29, 0.717) is 6.04 Å². The van der Waals surface area contributed by atoms with Crippen molar-refractivity contribution in [3.63, 3.8) is 0 Å². The number of carbonyl (C=O) groups excluding carboxylic acids is 1. The molecule has 1 rings (SSSR count). The minimum atomic E-state index is -0.439. The van der Waals surface area contributed by atoms with Gasteiger partial charge in [-0.1, -0.05) is 12.1 Å². The van der Waals surface area contributed by atoms with Crippen LogP contribution in [0.5, 0.6) is 0 Å². The summed E-state index contributed by atoms with van der Waals surface area (Å²) in [7, 11) is 3.43. The third kappa shape index (κ3) is 3.84. The third-order valence-corrected chi connectivity index (χ3v) is 2.83. The highest BCUT2D eigenvalue weighted by Gasteiger charge is 2.11. The van der Waals surface area contributed by atoms with Gasteiger partial charge in [0.2, 0.25) is 0 Å². The van der Waals surface area contributed by atoms with Crippen LogP contribution in [0.1, 0.15) is 25.5 Å². The summed E-state index contributed by atoms with van der Waals surface area (Å²) in [6, 6.07) is 8.08. The predicted octanol–water partition coefficient (Wildman–Crippen LogP) is 1.94. The number of benzene rings is 1. The lowest BCUT2D eigenvalue weighted by Gasteiger charge is -2.13. The highest BCUT2D eigenvalue weighted by atomic mass is 16.5. The molecule has 0 fully saturated rings. The fourth-order valence-corrected chi connectivity index (χ4v) is 1.37. The molecule has 0 heterocycles. The number of hydrogen-bond donors (Lipinski definition) is 2. The van der Waals surface area contributed by atoms with Gasteiger partial charge in [-0.25, -0.2) is 0 Å². The molecule has 2 unspecified atom stereocenters. The first-order valence-electron chi connectivity index (χ1n) is 5.69. The Kier molecular flexibility index (Phi) is 5.12. The molecule has 2 N–H and O–H groups in total. The van der Waals surface area contributed by atoms with Crippen LogP contribution in [-0.2, 0) is 9.53 Å².